The van der Waals surface area contributed by atoms with E-state index in [2.05, 4.69) is 29.8 Å². The van der Waals surface area contributed by atoms with Crippen LogP contribution in [-0.4, -0.2) is 72.1 Å². The third-order valence-corrected chi connectivity index (χ3v) is 7.13. The van der Waals surface area contributed by atoms with Crippen molar-refractivity contribution in [3.05, 3.63) is 48.0 Å². The lowest BCUT2D eigenvalue weighted by Crippen LogP contribution is -2.55. The van der Waals surface area contributed by atoms with Crippen LogP contribution in [0.4, 0.5) is 0 Å². The van der Waals surface area contributed by atoms with Crippen molar-refractivity contribution in [2.45, 2.75) is 78.5 Å². The van der Waals surface area contributed by atoms with Crippen molar-refractivity contribution >= 4 is 28.5 Å². The third kappa shape index (κ3) is 9.04. The van der Waals surface area contributed by atoms with Crippen LogP contribution in [0, 0.1) is 11.3 Å². The second-order valence-electron chi connectivity index (χ2n) is 12.1. The number of carbonyl (C=O) groups is 3. The number of amides is 3. The van der Waals surface area contributed by atoms with E-state index in [4.69, 9.17) is 0 Å². The van der Waals surface area contributed by atoms with Crippen LogP contribution in [0.5, 0.6) is 0 Å². The number of nitrogens with zero attached hydrogens (tertiary/aromatic N) is 1. The van der Waals surface area contributed by atoms with Crippen LogP contribution in [0.15, 0.2) is 42.5 Å². The molecule has 3 atom stereocenters. The Morgan fingerprint density at radius 2 is 1.77 bits per heavy atom. The average Bonchev–Trinajstić information content (AvgIpc) is 3.38. The monoisotopic (exact) mass is 538 g/mol. The molecule has 4 N–H and O–H groups in total. The van der Waals surface area contributed by atoms with E-state index in [0.717, 1.165) is 35.7 Å². The molecule has 0 radical (unpaired) electrons. The fourth-order valence-electron chi connectivity index (χ4n) is 4.87. The van der Waals surface area contributed by atoms with E-state index >= 15 is 0 Å². The number of nitrogens with one attached hydrogen (secondary N) is 3. The zero-order valence-electron chi connectivity index (χ0n) is 24.1. The summed E-state index contributed by atoms with van der Waals surface area (Å²) in [5, 5.41) is 21.5. The van der Waals surface area contributed by atoms with Crippen molar-refractivity contribution in [1.82, 2.24) is 20.9 Å². The van der Waals surface area contributed by atoms with Gasteiger partial charge in [0.2, 0.25) is 17.7 Å². The zero-order chi connectivity index (χ0) is 28.6. The van der Waals surface area contributed by atoms with Gasteiger partial charge in [-0.3, -0.25) is 14.4 Å². The van der Waals surface area contributed by atoms with E-state index < -0.39 is 23.6 Å². The highest BCUT2D eigenvalue weighted by Gasteiger charge is 2.39. The van der Waals surface area contributed by atoms with Gasteiger partial charge in [-0.2, -0.15) is 0 Å². The topological polar surface area (TPSA) is 111 Å². The molecule has 2 aromatic rings. The maximum Gasteiger partial charge on any atom is 0.243 e. The third-order valence-electron chi connectivity index (χ3n) is 7.13. The first kappa shape index (κ1) is 30.6. The lowest BCUT2D eigenvalue weighted by atomic mass is 9.94. The van der Waals surface area contributed by atoms with Crippen molar-refractivity contribution < 1.29 is 19.5 Å². The summed E-state index contributed by atoms with van der Waals surface area (Å²) in [6.45, 7) is 11.6. The van der Waals surface area contributed by atoms with Gasteiger partial charge < -0.3 is 26.0 Å². The molecule has 8 nitrogen and oxygen atoms in total. The van der Waals surface area contributed by atoms with Gasteiger partial charge in [-0.05, 0) is 48.1 Å². The molecule has 1 aliphatic rings. The summed E-state index contributed by atoms with van der Waals surface area (Å²) in [5.74, 6) is -0.168. The summed E-state index contributed by atoms with van der Waals surface area (Å²) in [7, 11) is 0. The Morgan fingerprint density at radius 3 is 2.46 bits per heavy atom. The predicted molar refractivity (Wildman–Crippen MR) is 155 cm³/mol. The Bertz CT molecular complexity index is 1130. The van der Waals surface area contributed by atoms with Crippen molar-refractivity contribution in [2.75, 3.05) is 26.2 Å². The predicted octanol–water partition coefficient (Wildman–Crippen LogP) is 3.02. The molecular weight excluding hydrogens is 492 g/mol. The maximum absolute atomic E-state index is 13.4. The van der Waals surface area contributed by atoms with Gasteiger partial charge in [0.15, 0.2) is 0 Å². The molecule has 8 heteroatoms. The molecule has 1 fully saturated rings. The standard InChI is InChI=1S/C31H46N4O4/c1-21(2)14-15-32-19-25(36)20-33-28(37)26(18-22-12-13-23-9-6-7-10-24(23)17-22)34-29(38)27-11-8-16-35(27)30(39)31(3,4)5/h6-7,9-10,12-13,17,21,25-27,32,36H,8,11,14-16,18-20H2,1-5H3,(H,33,37)(H,34,38)/t25?,26-,27?/m1/s1. The van der Waals surface area contributed by atoms with Gasteiger partial charge in [0, 0.05) is 31.5 Å². The maximum atomic E-state index is 13.4. The van der Waals surface area contributed by atoms with Crippen LogP contribution in [0.25, 0.3) is 10.8 Å². The zero-order valence-corrected chi connectivity index (χ0v) is 24.1. The highest BCUT2D eigenvalue weighted by Crippen LogP contribution is 2.26. The number of aliphatic hydroxyl groups is 1. The van der Waals surface area contributed by atoms with E-state index in [1.807, 2.05) is 63.2 Å². The first-order valence-corrected chi connectivity index (χ1v) is 14.2. The number of hydrogen-bond acceptors (Lipinski definition) is 5. The molecule has 0 saturated carbocycles. The van der Waals surface area contributed by atoms with Crippen molar-refractivity contribution in [3.63, 3.8) is 0 Å². The summed E-state index contributed by atoms with van der Waals surface area (Å²) in [5.41, 5.74) is 0.323. The Labute approximate surface area is 232 Å². The SMILES string of the molecule is CC(C)CCNCC(O)CNC(=O)[C@@H](Cc1ccc2ccccc2c1)NC(=O)C1CCCN1C(=O)C(C)(C)C. The van der Waals surface area contributed by atoms with Gasteiger partial charge in [0.1, 0.15) is 12.1 Å². The Balaban J connectivity index is 1.70. The molecule has 1 heterocycles. The quantitative estimate of drug-likeness (QED) is 0.311. The molecule has 3 rings (SSSR count). The fraction of sp³-hybridized carbons (Fsp3) is 0.581. The van der Waals surface area contributed by atoms with Crippen molar-refractivity contribution in [1.29, 1.82) is 0 Å². The highest BCUT2D eigenvalue weighted by atomic mass is 16.3. The van der Waals surface area contributed by atoms with E-state index in [9.17, 15) is 19.5 Å². The van der Waals surface area contributed by atoms with Gasteiger partial charge in [-0.25, -0.2) is 0 Å². The minimum Gasteiger partial charge on any atom is -0.390 e. The molecule has 1 aliphatic heterocycles. The summed E-state index contributed by atoms with van der Waals surface area (Å²) in [6.07, 6.45) is 1.88. The Kier molecular flexibility index (Phi) is 10.9. The second-order valence-corrected chi connectivity index (χ2v) is 12.1. The number of carbonyl (C=O) groups excluding carboxylic acids is 3. The van der Waals surface area contributed by atoms with Crippen molar-refractivity contribution in [2.24, 2.45) is 11.3 Å². The second kappa shape index (κ2) is 13.9. The number of likely N-dealkylation sites (tertiary alicyclic amines) is 1. The van der Waals surface area contributed by atoms with Gasteiger partial charge in [0.25, 0.3) is 0 Å². The van der Waals surface area contributed by atoms with Gasteiger partial charge in [0.05, 0.1) is 6.10 Å². The fourth-order valence-corrected chi connectivity index (χ4v) is 4.87. The van der Waals surface area contributed by atoms with Crippen LogP contribution in [0.2, 0.25) is 0 Å². The summed E-state index contributed by atoms with van der Waals surface area (Å²) in [4.78, 5) is 41.4. The molecule has 3 amide bonds. The minimum absolute atomic E-state index is 0.0660. The Morgan fingerprint density at radius 1 is 1.05 bits per heavy atom. The number of fused-ring (bicyclic) bond motifs is 1. The number of rotatable bonds is 12. The first-order chi connectivity index (χ1) is 18.5. The molecule has 0 aromatic heterocycles. The molecular formula is C31H46N4O4. The first-order valence-electron chi connectivity index (χ1n) is 14.2. The number of aliphatic hydroxyl groups excluding tert-OH is 1. The van der Waals surface area contributed by atoms with Crippen LogP contribution in [-0.2, 0) is 20.8 Å². The van der Waals surface area contributed by atoms with Gasteiger partial charge in [-0.15, -0.1) is 0 Å². The van der Waals surface area contributed by atoms with E-state index in [1.165, 1.54) is 0 Å². The van der Waals surface area contributed by atoms with Crippen LogP contribution < -0.4 is 16.0 Å². The molecule has 2 aromatic carbocycles. The summed E-state index contributed by atoms with van der Waals surface area (Å²) in [6, 6.07) is 12.6. The minimum atomic E-state index is -0.841. The largest absolute Gasteiger partial charge is 0.390 e. The van der Waals surface area contributed by atoms with E-state index in [0.29, 0.717) is 31.8 Å². The lowest BCUT2D eigenvalue weighted by Gasteiger charge is -2.31. The smallest absolute Gasteiger partial charge is 0.243 e. The molecule has 214 valence electrons. The van der Waals surface area contributed by atoms with Crippen LogP contribution in [0.1, 0.15) is 59.4 Å². The average molecular weight is 539 g/mol. The molecule has 1 saturated heterocycles. The Hall–Kier alpha value is -2.97. The van der Waals surface area contributed by atoms with Crippen molar-refractivity contribution in [3.8, 4) is 0 Å². The lowest BCUT2D eigenvalue weighted by molar-refractivity contribution is -0.145. The molecule has 0 bridgehead atoms. The number of hydrogen-bond donors (Lipinski definition) is 4. The summed E-state index contributed by atoms with van der Waals surface area (Å²) >= 11 is 0. The van der Waals surface area contributed by atoms with Crippen LogP contribution in [0.3, 0.4) is 0 Å². The number of benzene rings is 2. The molecule has 0 spiro atoms. The van der Waals surface area contributed by atoms with Gasteiger partial charge >= 0.3 is 0 Å². The van der Waals surface area contributed by atoms with Crippen LogP contribution >= 0.6 is 0 Å². The van der Waals surface area contributed by atoms with E-state index in [1.54, 1.807) is 4.90 Å². The molecule has 2 unspecified atom stereocenters. The highest BCUT2D eigenvalue weighted by molar-refractivity contribution is 5.93. The molecule has 39 heavy (non-hydrogen) atoms. The molecule has 0 aliphatic carbocycles. The van der Waals surface area contributed by atoms with E-state index in [-0.39, 0.29) is 24.3 Å². The summed E-state index contributed by atoms with van der Waals surface area (Å²) < 4.78 is 0. The van der Waals surface area contributed by atoms with Gasteiger partial charge in [-0.1, -0.05) is 77.1 Å². The normalized spacial score (nSPS) is 17.3.